The third kappa shape index (κ3) is 30.5. The molecule has 0 heterocycles. The Morgan fingerprint density at radius 2 is 1.00 bits per heavy atom. The fourth-order valence-electron chi connectivity index (χ4n) is 0. The Labute approximate surface area is 91.0 Å². The molecule has 0 rings (SSSR count). The molecule has 0 fully saturated rings. The van der Waals surface area contributed by atoms with Gasteiger partial charge in [0.2, 0.25) is 0 Å². The molecule has 0 unspecified atom stereocenters. The van der Waals surface area contributed by atoms with Gasteiger partial charge in [-0.3, -0.25) is 0 Å². The molecule has 0 aliphatic rings. The predicted octanol–water partition coefficient (Wildman–Crippen LogP) is -2.66. The van der Waals surface area contributed by atoms with E-state index >= 15 is 0 Å². The average molecular weight is 229 g/mol. The van der Waals surface area contributed by atoms with Gasteiger partial charge in [0.25, 0.3) is 0 Å². The molecule has 0 saturated heterocycles. The first kappa shape index (κ1) is 73.2. The van der Waals surface area contributed by atoms with Crippen LogP contribution in [0.1, 0.15) is 0 Å². The van der Waals surface area contributed by atoms with Crippen molar-refractivity contribution in [2.75, 3.05) is 0 Å². The molecule has 0 saturated carbocycles. The second-order valence-corrected chi connectivity index (χ2v) is 0. The smallest absolute Gasteiger partial charge is 0 e. The van der Waals surface area contributed by atoms with E-state index in [0.29, 0.717) is 0 Å². The quantitative estimate of drug-likeness (QED) is 0.405. The zero-order valence-electron chi connectivity index (χ0n) is 1.53. The van der Waals surface area contributed by atoms with Crippen LogP contribution in [0.25, 0.3) is 0 Å². The Hall–Kier alpha value is 2.61. The second kappa shape index (κ2) is 48.8. The molecule has 0 aromatic carbocycles. The van der Waals surface area contributed by atoms with Crippen molar-refractivity contribution in [2.24, 2.45) is 0 Å². The first-order chi connectivity index (χ1) is 0. The van der Waals surface area contributed by atoms with Crippen LogP contribution >= 0.6 is 0 Å². The van der Waals surface area contributed by atoms with Crippen molar-refractivity contribution in [3.8, 4) is 0 Å². The molecule has 2 radical (unpaired) electrons. The minimum absolute atomic E-state index is 0. The number of hydrogen-bond acceptors (Lipinski definition) is 0. The summed E-state index contributed by atoms with van der Waals surface area (Å²) < 4.78 is 0. The number of hydrogen-bond donors (Lipinski definition) is 0. The molecule has 0 atom stereocenters. The Morgan fingerprint density at radius 3 is 1.00 bits per heavy atom. The molecule has 6 heavy (non-hydrogen) atoms. The van der Waals surface area contributed by atoms with Gasteiger partial charge in [0.15, 0.2) is 17.4 Å². The van der Waals surface area contributed by atoms with E-state index < -0.39 is 0 Å². The van der Waals surface area contributed by atoms with Crippen molar-refractivity contribution in [2.45, 2.75) is 0 Å². The summed E-state index contributed by atoms with van der Waals surface area (Å²) in [5.74, 6) is 0. The minimum Gasteiger partial charge on any atom is 0 e. The molecule has 0 aliphatic heterocycles. The molecule has 1 nitrogen and oxygen atoms in total. The van der Waals surface area contributed by atoms with Crippen LogP contribution in [-0.4, -0.2) is 41.7 Å². The summed E-state index contributed by atoms with van der Waals surface area (Å²) in [5, 5.41) is 0. The van der Waals surface area contributed by atoms with Gasteiger partial charge in [-0.05, 0) is 0 Å². The van der Waals surface area contributed by atoms with Crippen LogP contribution in [0.4, 0.5) is 0 Å². The maximum atomic E-state index is 0. The van der Waals surface area contributed by atoms with Gasteiger partial charge in [0.05, 0.1) is 0 Å². The second-order valence-electron chi connectivity index (χ2n) is 0. The predicted molar refractivity (Wildman–Crippen MR) is 20.7 cm³/mol. The molecule has 2 N–H and O–H groups in total. The van der Waals surface area contributed by atoms with Gasteiger partial charge in [-0.25, -0.2) is 0 Å². The number of rotatable bonds is 0. The van der Waals surface area contributed by atoms with Gasteiger partial charge in [-0.1, -0.05) is 0 Å². The van der Waals surface area contributed by atoms with Gasteiger partial charge in [-0.15, -0.1) is 0 Å². The van der Waals surface area contributed by atoms with Crippen molar-refractivity contribution in [1.82, 2.24) is 0 Å². The third-order valence-corrected chi connectivity index (χ3v) is 0. The Balaban J connectivity index is 0. The summed E-state index contributed by atoms with van der Waals surface area (Å²) in [7, 11) is 0. The summed E-state index contributed by atoms with van der Waals surface area (Å²) in [6, 6.07) is 0. The first-order valence-electron chi connectivity index (χ1n) is 0. The van der Waals surface area contributed by atoms with Crippen molar-refractivity contribution >= 4 is 36.2 Å². The van der Waals surface area contributed by atoms with Crippen LogP contribution in [0.2, 0.25) is 0 Å². The van der Waals surface area contributed by atoms with Crippen LogP contribution < -0.4 is 0 Å². The molecule has 0 aliphatic carbocycles. The fraction of sp³-hybridized carbons (Fsp3) is 0. The Kier molecular flexibility index (Phi) is 596. The van der Waals surface area contributed by atoms with Crippen molar-refractivity contribution < 1.29 is 55.8 Å². The summed E-state index contributed by atoms with van der Waals surface area (Å²) in [4.78, 5) is 0. The minimum atomic E-state index is 0. The standard InChI is InChI=1S/Al.Co.Li.Mn.Ni.H2O.4H/h;;;;;1H2;;;;. The van der Waals surface area contributed by atoms with Gasteiger partial charge >= 0.3 is 18.9 Å². The van der Waals surface area contributed by atoms with Crippen LogP contribution in [0, 0.1) is 0 Å². The van der Waals surface area contributed by atoms with E-state index in [-0.39, 0.29) is 92.0 Å². The van der Waals surface area contributed by atoms with E-state index in [0.717, 1.165) is 0 Å². The zero-order valence-corrected chi connectivity index (χ0v) is 4.74. The molecule has 0 aromatic rings. The molecular weight excluding hydrogens is 222 g/mol. The van der Waals surface area contributed by atoms with E-state index in [1.165, 1.54) is 0 Å². The summed E-state index contributed by atoms with van der Waals surface area (Å²) in [6.07, 6.45) is 0. The van der Waals surface area contributed by atoms with E-state index in [1.54, 1.807) is 0 Å². The van der Waals surface area contributed by atoms with Crippen molar-refractivity contribution in [1.29, 1.82) is 0 Å². The molecular formula is H6AlCoLiMnNiO. The summed E-state index contributed by atoms with van der Waals surface area (Å²) in [6.45, 7) is 0. The maximum Gasteiger partial charge on any atom is 0 e. The normalized spacial score (nSPS) is 0. The van der Waals surface area contributed by atoms with Crippen molar-refractivity contribution in [3.05, 3.63) is 0 Å². The molecule has 0 bridgehead atoms. The largest absolute Gasteiger partial charge is 0 e. The Morgan fingerprint density at radius 1 is 1.00 bits per heavy atom. The SMILES string of the molecule is O.[AlH3].[Co].[LiH].[Mn].[Ni]. The van der Waals surface area contributed by atoms with E-state index in [9.17, 15) is 0 Å². The maximum absolute atomic E-state index is 0. The van der Waals surface area contributed by atoms with E-state index in [1.807, 2.05) is 0 Å². The summed E-state index contributed by atoms with van der Waals surface area (Å²) >= 11 is 0. The molecule has 0 aromatic heterocycles. The Bertz CT molecular complexity index is 15.5. The van der Waals surface area contributed by atoms with Gasteiger partial charge < -0.3 is 5.48 Å². The van der Waals surface area contributed by atoms with Crippen molar-refractivity contribution in [3.63, 3.8) is 0 Å². The first-order valence-corrected chi connectivity index (χ1v) is 0. The molecule has 6 heteroatoms. The van der Waals surface area contributed by atoms with E-state index in [2.05, 4.69) is 0 Å². The molecule has 42 valence electrons. The fourth-order valence-corrected chi connectivity index (χ4v) is 0. The van der Waals surface area contributed by atoms with Crippen LogP contribution in [0.3, 0.4) is 0 Å². The third-order valence-electron chi connectivity index (χ3n) is 0. The van der Waals surface area contributed by atoms with E-state index in [4.69, 9.17) is 0 Å². The molecule has 0 amide bonds. The van der Waals surface area contributed by atoms with Crippen LogP contribution in [0.15, 0.2) is 0 Å². The molecule has 0 spiro atoms. The van der Waals surface area contributed by atoms with Gasteiger partial charge in [-0.2, -0.15) is 0 Å². The topological polar surface area (TPSA) is 31.5 Å². The average Bonchev–Trinajstić information content (AvgIpc) is 0. The van der Waals surface area contributed by atoms with Crippen LogP contribution in [0.5, 0.6) is 0 Å². The summed E-state index contributed by atoms with van der Waals surface area (Å²) in [5.41, 5.74) is 0. The van der Waals surface area contributed by atoms with Crippen LogP contribution in [-0.2, 0) is 50.3 Å². The van der Waals surface area contributed by atoms with Gasteiger partial charge in [0.1, 0.15) is 0 Å². The van der Waals surface area contributed by atoms with Gasteiger partial charge in [0, 0.05) is 50.3 Å². The zero-order chi connectivity index (χ0) is 0. The monoisotopic (exact) mass is 228 g/mol.